The highest BCUT2D eigenvalue weighted by molar-refractivity contribution is 7.81. The summed E-state index contributed by atoms with van der Waals surface area (Å²) in [5.41, 5.74) is 0. The Morgan fingerprint density at radius 1 is 1.21 bits per heavy atom. The Morgan fingerprint density at radius 3 is 2.36 bits per heavy atom. The molecule has 0 aromatic heterocycles. The molecule has 84 valence electrons. The molecule has 2 nitrogen and oxygen atoms in total. The number of hydrogen-bond donors (Lipinski definition) is 1. The van der Waals surface area contributed by atoms with E-state index in [1.807, 2.05) is 0 Å². The van der Waals surface area contributed by atoms with Gasteiger partial charge in [-0.25, -0.2) is 0 Å². The van der Waals surface area contributed by atoms with Crippen LogP contribution in [0.1, 0.15) is 46.5 Å². The van der Waals surface area contributed by atoms with E-state index in [0.29, 0.717) is 6.61 Å². The largest absolute Gasteiger partial charge is 0.465 e. The molecule has 0 aromatic carbocycles. The van der Waals surface area contributed by atoms with Crippen molar-refractivity contribution >= 4 is 18.6 Å². The Balaban J connectivity index is 3.18. The minimum absolute atomic E-state index is 0.211. The molecule has 0 aliphatic rings. The number of carbonyl (C=O) groups is 1. The van der Waals surface area contributed by atoms with Gasteiger partial charge in [0.2, 0.25) is 0 Å². The summed E-state index contributed by atoms with van der Waals surface area (Å²) in [6.07, 6.45) is 4.61. The molecule has 0 saturated carbocycles. The van der Waals surface area contributed by atoms with E-state index in [4.69, 9.17) is 4.74 Å². The second-order valence-corrected chi connectivity index (χ2v) is 4.86. The second kappa shape index (κ2) is 8.16. The lowest BCUT2D eigenvalue weighted by Crippen LogP contribution is -2.15. The van der Waals surface area contributed by atoms with Crippen molar-refractivity contribution in [2.75, 3.05) is 6.61 Å². The van der Waals surface area contributed by atoms with Gasteiger partial charge in [-0.05, 0) is 19.3 Å². The Bertz CT molecular complexity index is 155. The van der Waals surface area contributed by atoms with Crippen LogP contribution in [-0.4, -0.2) is 17.8 Å². The van der Waals surface area contributed by atoms with Crippen LogP contribution in [0.3, 0.4) is 0 Å². The third kappa shape index (κ3) is 8.42. The molecule has 3 heteroatoms. The molecule has 0 radical (unpaired) electrons. The standard InChI is InChI=1S/C11H22O2S/c1-9(2)7-5-4-6-8-13-11(12)10(3)14/h9-10,14H,4-8H2,1-3H3. The van der Waals surface area contributed by atoms with Gasteiger partial charge in [-0.3, -0.25) is 4.79 Å². The number of unbranched alkanes of at least 4 members (excludes halogenated alkanes) is 2. The van der Waals surface area contributed by atoms with Crippen LogP contribution in [0.25, 0.3) is 0 Å². The second-order valence-electron chi connectivity index (χ2n) is 4.09. The lowest BCUT2D eigenvalue weighted by Gasteiger charge is -2.07. The fourth-order valence-electron chi connectivity index (χ4n) is 1.12. The van der Waals surface area contributed by atoms with Gasteiger partial charge in [-0.1, -0.05) is 33.1 Å². The first-order chi connectivity index (χ1) is 6.54. The number of carbonyl (C=O) groups excluding carboxylic acids is 1. The summed E-state index contributed by atoms with van der Waals surface area (Å²) in [7, 11) is 0. The molecule has 0 fully saturated rings. The number of rotatable bonds is 7. The zero-order chi connectivity index (χ0) is 11.0. The molecule has 0 rings (SSSR count). The summed E-state index contributed by atoms with van der Waals surface area (Å²) in [6.45, 7) is 6.72. The van der Waals surface area contributed by atoms with Gasteiger partial charge in [0, 0.05) is 0 Å². The van der Waals surface area contributed by atoms with Gasteiger partial charge in [0.1, 0.15) is 0 Å². The van der Waals surface area contributed by atoms with Crippen LogP contribution < -0.4 is 0 Å². The van der Waals surface area contributed by atoms with Crippen LogP contribution in [0.15, 0.2) is 0 Å². The van der Waals surface area contributed by atoms with E-state index in [-0.39, 0.29) is 11.2 Å². The molecule has 0 saturated heterocycles. The maximum absolute atomic E-state index is 11.0. The lowest BCUT2D eigenvalue weighted by atomic mass is 10.1. The third-order valence-corrected chi connectivity index (χ3v) is 2.22. The van der Waals surface area contributed by atoms with Crippen molar-refractivity contribution in [2.45, 2.75) is 51.7 Å². The van der Waals surface area contributed by atoms with E-state index in [2.05, 4.69) is 26.5 Å². The Kier molecular flexibility index (Phi) is 8.05. The molecule has 1 atom stereocenters. The first kappa shape index (κ1) is 13.8. The highest BCUT2D eigenvalue weighted by Crippen LogP contribution is 2.08. The van der Waals surface area contributed by atoms with Crippen LogP contribution in [0.4, 0.5) is 0 Å². The molecule has 0 aliphatic carbocycles. The summed E-state index contributed by atoms with van der Waals surface area (Å²) in [5, 5.41) is -0.300. The zero-order valence-corrected chi connectivity index (χ0v) is 10.3. The molecule has 0 aromatic rings. The van der Waals surface area contributed by atoms with E-state index in [1.54, 1.807) is 6.92 Å². The van der Waals surface area contributed by atoms with E-state index < -0.39 is 0 Å². The Hall–Kier alpha value is -0.180. The molecule has 0 bridgehead atoms. The first-order valence-electron chi connectivity index (χ1n) is 5.38. The normalized spacial score (nSPS) is 12.9. The van der Waals surface area contributed by atoms with Gasteiger partial charge >= 0.3 is 5.97 Å². The van der Waals surface area contributed by atoms with E-state index in [9.17, 15) is 4.79 Å². The summed E-state index contributed by atoms with van der Waals surface area (Å²) < 4.78 is 5.00. The molecule has 0 heterocycles. The summed E-state index contributed by atoms with van der Waals surface area (Å²) in [5.74, 6) is 0.562. The van der Waals surface area contributed by atoms with Gasteiger partial charge in [0.05, 0.1) is 11.9 Å². The number of ether oxygens (including phenoxy) is 1. The predicted octanol–water partition coefficient (Wildman–Crippen LogP) is 3.06. The zero-order valence-electron chi connectivity index (χ0n) is 9.45. The maximum atomic E-state index is 11.0. The summed E-state index contributed by atoms with van der Waals surface area (Å²) in [4.78, 5) is 11.0. The molecule has 0 spiro atoms. The van der Waals surface area contributed by atoms with Crippen LogP contribution in [0.2, 0.25) is 0 Å². The van der Waals surface area contributed by atoms with Crippen LogP contribution in [-0.2, 0) is 9.53 Å². The fraction of sp³-hybridized carbons (Fsp3) is 0.909. The molecule has 14 heavy (non-hydrogen) atoms. The van der Waals surface area contributed by atoms with Gasteiger partial charge < -0.3 is 4.74 Å². The van der Waals surface area contributed by atoms with Crippen LogP contribution in [0, 0.1) is 5.92 Å². The smallest absolute Gasteiger partial charge is 0.318 e. The third-order valence-electron chi connectivity index (χ3n) is 2.01. The van der Waals surface area contributed by atoms with E-state index in [1.165, 1.54) is 12.8 Å². The molecular weight excluding hydrogens is 196 g/mol. The molecule has 0 aliphatic heterocycles. The van der Waals surface area contributed by atoms with Crippen molar-refractivity contribution in [1.29, 1.82) is 0 Å². The lowest BCUT2D eigenvalue weighted by molar-refractivity contribution is -0.142. The van der Waals surface area contributed by atoms with Crippen molar-refractivity contribution in [1.82, 2.24) is 0 Å². The predicted molar refractivity (Wildman–Crippen MR) is 62.7 cm³/mol. The topological polar surface area (TPSA) is 26.3 Å². The van der Waals surface area contributed by atoms with Crippen LogP contribution in [0.5, 0.6) is 0 Å². The monoisotopic (exact) mass is 218 g/mol. The highest BCUT2D eigenvalue weighted by atomic mass is 32.1. The quantitative estimate of drug-likeness (QED) is 0.404. The van der Waals surface area contributed by atoms with Crippen molar-refractivity contribution in [3.05, 3.63) is 0 Å². The number of esters is 1. The SMILES string of the molecule is CC(C)CCCCCOC(=O)C(C)S. The molecule has 0 amide bonds. The van der Waals surface area contributed by atoms with Crippen molar-refractivity contribution < 1.29 is 9.53 Å². The van der Waals surface area contributed by atoms with Crippen LogP contribution >= 0.6 is 12.6 Å². The minimum atomic E-state index is -0.300. The van der Waals surface area contributed by atoms with E-state index >= 15 is 0 Å². The summed E-state index contributed by atoms with van der Waals surface area (Å²) in [6, 6.07) is 0. The Morgan fingerprint density at radius 2 is 1.86 bits per heavy atom. The minimum Gasteiger partial charge on any atom is -0.465 e. The highest BCUT2D eigenvalue weighted by Gasteiger charge is 2.07. The maximum Gasteiger partial charge on any atom is 0.318 e. The van der Waals surface area contributed by atoms with Crippen molar-refractivity contribution in [3.8, 4) is 0 Å². The van der Waals surface area contributed by atoms with Crippen molar-refractivity contribution in [2.24, 2.45) is 5.92 Å². The first-order valence-corrected chi connectivity index (χ1v) is 5.90. The van der Waals surface area contributed by atoms with Gasteiger partial charge in [-0.15, -0.1) is 0 Å². The number of hydrogen-bond acceptors (Lipinski definition) is 3. The van der Waals surface area contributed by atoms with Gasteiger partial charge in [-0.2, -0.15) is 12.6 Å². The van der Waals surface area contributed by atoms with E-state index in [0.717, 1.165) is 18.8 Å². The average Bonchev–Trinajstić information content (AvgIpc) is 2.09. The number of thiol groups is 1. The molecule has 1 unspecified atom stereocenters. The molecular formula is C11H22O2S. The fourth-order valence-corrected chi connectivity index (χ4v) is 1.20. The summed E-state index contributed by atoms with van der Waals surface area (Å²) >= 11 is 3.99. The van der Waals surface area contributed by atoms with Crippen molar-refractivity contribution in [3.63, 3.8) is 0 Å². The molecule has 0 N–H and O–H groups in total. The Labute approximate surface area is 92.8 Å². The van der Waals surface area contributed by atoms with Gasteiger partial charge in [0.15, 0.2) is 0 Å². The van der Waals surface area contributed by atoms with Gasteiger partial charge in [0.25, 0.3) is 0 Å². The average molecular weight is 218 g/mol.